The molecule has 84 valence electrons. The number of nitrogens with zero attached hydrogens (tertiary/aromatic N) is 2. The molecule has 0 saturated carbocycles. The molecule has 1 amide bonds. The van der Waals surface area contributed by atoms with Crippen molar-refractivity contribution in [3.05, 3.63) is 11.7 Å². The fourth-order valence-electron chi connectivity index (χ4n) is 0.930. The van der Waals surface area contributed by atoms with Crippen LogP contribution in [0.3, 0.4) is 0 Å². The van der Waals surface area contributed by atoms with Crippen molar-refractivity contribution in [2.45, 2.75) is 39.3 Å². The molecule has 1 aromatic heterocycles. The molecule has 0 bridgehead atoms. The molecular weight excluding hydrogens is 196 g/mol. The fourth-order valence-corrected chi connectivity index (χ4v) is 0.930. The average Bonchev–Trinajstić information content (AvgIpc) is 2.60. The number of rotatable bonds is 4. The van der Waals surface area contributed by atoms with E-state index < -0.39 is 5.54 Å². The van der Waals surface area contributed by atoms with Gasteiger partial charge in [-0.15, -0.1) is 0 Å². The molecule has 1 rings (SSSR count). The third-order valence-electron chi connectivity index (χ3n) is 2.22. The van der Waals surface area contributed by atoms with Crippen LogP contribution in [0.15, 0.2) is 4.52 Å². The molecule has 0 aliphatic rings. The predicted octanol–water partition coefficient (Wildman–Crippen LogP) is 0.122. The lowest BCUT2D eigenvalue weighted by atomic mass is 10.00. The molecule has 0 spiro atoms. The monoisotopic (exact) mass is 212 g/mol. The van der Waals surface area contributed by atoms with Gasteiger partial charge in [0, 0.05) is 0 Å². The van der Waals surface area contributed by atoms with Crippen molar-refractivity contribution in [2.75, 3.05) is 0 Å². The maximum Gasteiger partial charge on any atom is 0.246 e. The van der Waals surface area contributed by atoms with E-state index in [2.05, 4.69) is 15.5 Å². The first-order chi connectivity index (χ1) is 6.95. The van der Waals surface area contributed by atoms with E-state index in [0.717, 1.165) is 0 Å². The maximum atomic E-state index is 11.5. The number of hydrogen-bond acceptors (Lipinski definition) is 5. The highest BCUT2D eigenvalue weighted by molar-refractivity contribution is 5.85. The molecule has 0 aromatic carbocycles. The van der Waals surface area contributed by atoms with Crippen molar-refractivity contribution in [2.24, 2.45) is 5.73 Å². The Morgan fingerprint density at radius 1 is 1.67 bits per heavy atom. The van der Waals surface area contributed by atoms with E-state index in [1.165, 1.54) is 0 Å². The summed E-state index contributed by atoms with van der Waals surface area (Å²) in [5, 5.41) is 6.25. The smallest absolute Gasteiger partial charge is 0.246 e. The highest BCUT2D eigenvalue weighted by Crippen LogP contribution is 2.04. The van der Waals surface area contributed by atoms with Crippen LogP contribution in [0.1, 0.15) is 32.0 Å². The quantitative estimate of drug-likeness (QED) is 0.739. The Kier molecular flexibility index (Phi) is 3.41. The van der Waals surface area contributed by atoms with Crippen molar-refractivity contribution in [3.63, 3.8) is 0 Å². The van der Waals surface area contributed by atoms with E-state index in [9.17, 15) is 4.79 Å². The number of nitrogens with two attached hydrogens (primary N) is 1. The molecule has 1 atom stereocenters. The van der Waals surface area contributed by atoms with E-state index in [4.69, 9.17) is 10.3 Å². The number of carbonyl (C=O) groups excluding carboxylic acids is 1. The molecule has 15 heavy (non-hydrogen) atoms. The number of nitrogens with one attached hydrogen (secondary N) is 1. The van der Waals surface area contributed by atoms with Gasteiger partial charge in [-0.1, -0.05) is 12.1 Å². The molecule has 1 unspecified atom stereocenters. The van der Waals surface area contributed by atoms with Gasteiger partial charge in [-0.25, -0.2) is 0 Å². The molecule has 6 heteroatoms. The van der Waals surface area contributed by atoms with Crippen molar-refractivity contribution < 1.29 is 9.32 Å². The third kappa shape index (κ3) is 3.02. The van der Waals surface area contributed by atoms with Crippen LogP contribution in [0, 0.1) is 6.92 Å². The minimum absolute atomic E-state index is 0.215. The Hall–Kier alpha value is -1.43. The van der Waals surface area contributed by atoms with Crippen LogP contribution < -0.4 is 11.1 Å². The highest BCUT2D eigenvalue weighted by Gasteiger charge is 2.25. The van der Waals surface area contributed by atoms with Gasteiger partial charge in [-0.3, -0.25) is 4.79 Å². The molecule has 0 aliphatic heterocycles. The standard InChI is InChI=1S/C9H16N4O2/c1-4-9(3,10)8(14)11-5-7-12-6(2)13-15-7/h4-5,10H2,1-3H3,(H,11,14). The number of aromatic nitrogens is 2. The summed E-state index contributed by atoms with van der Waals surface area (Å²) < 4.78 is 4.84. The van der Waals surface area contributed by atoms with Crippen molar-refractivity contribution in [1.29, 1.82) is 0 Å². The minimum Gasteiger partial charge on any atom is -0.345 e. The number of aryl methyl sites for hydroxylation is 1. The topological polar surface area (TPSA) is 94.0 Å². The largest absolute Gasteiger partial charge is 0.345 e. The molecular formula is C9H16N4O2. The van der Waals surface area contributed by atoms with Gasteiger partial charge in [0.2, 0.25) is 11.8 Å². The second-order valence-electron chi connectivity index (χ2n) is 3.69. The van der Waals surface area contributed by atoms with Gasteiger partial charge in [0.15, 0.2) is 5.82 Å². The molecule has 0 radical (unpaired) electrons. The zero-order valence-electron chi connectivity index (χ0n) is 9.20. The Morgan fingerprint density at radius 2 is 2.33 bits per heavy atom. The van der Waals surface area contributed by atoms with Gasteiger partial charge in [0.1, 0.15) is 0 Å². The van der Waals surface area contributed by atoms with E-state index in [0.29, 0.717) is 18.1 Å². The summed E-state index contributed by atoms with van der Waals surface area (Å²) in [5.41, 5.74) is 4.90. The molecule has 1 heterocycles. The summed E-state index contributed by atoms with van der Waals surface area (Å²) >= 11 is 0. The average molecular weight is 212 g/mol. The van der Waals surface area contributed by atoms with Crippen LogP contribution in [0.4, 0.5) is 0 Å². The van der Waals surface area contributed by atoms with Crippen LogP contribution >= 0.6 is 0 Å². The zero-order chi connectivity index (χ0) is 11.5. The first-order valence-corrected chi connectivity index (χ1v) is 4.82. The van der Waals surface area contributed by atoms with Gasteiger partial charge in [-0.2, -0.15) is 4.98 Å². The lowest BCUT2D eigenvalue weighted by molar-refractivity contribution is -0.126. The summed E-state index contributed by atoms with van der Waals surface area (Å²) in [6, 6.07) is 0. The van der Waals surface area contributed by atoms with Crippen molar-refractivity contribution >= 4 is 5.91 Å². The van der Waals surface area contributed by atoms with Gasteiger partial charge >= 0.3 is 0 Å². The normalized spacial score (nSPS) is 14.7. The van der Waals surface area contributed by atoms with Crippen LogP contribution in [0.2, 0.25) is 0 Å². The highest BCUT2D eigenvalue weighted by atomic mass is 16.5. The summed E-state index contributed by atoms with van der Waals surface area (Å²) in [7, 11) is 0. The fraction of sp³-hybridized carbons (Fsp3) is 0.667. The van der Waals surface area contributed by atoms with Crippen LogP contribution in [-0.2, 0) is 11.3 Å². The Balaban J connectivity index is 2.47. The van der Waals surface area contributed by atoms with Gasteiger partial charge < -0.3 is 15.6 Å². The Labute approximate surface area is 88.2 Å². The Morgan fingerprint density at radius 3 is 2.80 bits per heavy atom. The first kappa shape index (κ1) is 11.6. The second kappa shape index (κ2) is 4.39. The number of carbonyl (C=O) groups is 1. The van der Waals surface area contributed by atoms with E-state index in [1.807, 2.05) is 6.92 Å². The predicted molar refractivity (Wildman–Crippen MR) is 53.8 cm³/mol. The summed E-state index contributed by atoms with van der Waals surface area (Å²) in [4.78, 5) is 15.5. The summed E-state index contributed by atoms with van der Waals surface area (Å²) in [6.07, 6.45) is 0.571. The first-order valence-electron chi connectivity index (χ1n) is 4.82. The minimum atomic E-state index is -0.852. The number of hydrogen-bond donors (Lipinski definition) is 2. The zero-order valence-corrected chi connectivity index (χ0v) is 9.20. The van der Waals surface area contributed by atoms with Crippen LogP contribution in [-0.4, -0.2) is 21.6 Å². The lowest BCUT2D eigenvalue weighted by Crippen LogP contribution is -2.50. The number of amides is 1. The van der Waals surface area contributed by atoms with Gasteiger partial charge in [0.05, 0.1) is 12.1 Å². The molecule has 3 N–H and O–H groups in total. The second-order valence-corrected chi connectivity index (χ2v) is 3.69. The SMILES string of the molecule is CCC(C)(N)C(=O)NCc1nc(C)no1. The van der Waals surface area contributed by atoms with E-state index in [-0.39, 0.29) is 12.5 Å². The molecule has 1 aromatic rings. The lowest BCUT2D eigenvalue weighted by Gasteiger charge is -2.20. The van der Waals surface area contributed by atoms with Gasteiger partial charge in [-0.05, 0) is 20.3 Å². The van der Waals surface area contributed by atoms with Crippen molar-refractivity contribution in [1.82, 2.24) is 15.5 Å². The molecule has 6 nitrogen and oxygen atoms in total. The van der Waals surface area contributed by atoms with E-state index in [1.54, 1.807) is 13.8 Å². The molecule has 0 fully saturated rings. The van der Waals surface area contributed by atoms with Crippen LogP contribution in [0.25, 0.3) is 0 Å². The van der Waals surface area contributed by atoms with Gasteiger partial charge in [0.25, 0.3) is 0 Å². The van der Waals surface area contributed by atoms with Crippen molar-refractivity contribution in [3.8, 4) is 0 Å². The molecule has 0 saturated heterocycles. The Bertz CT molecular complexity index is 346. The summed E-state index contributed by atoms with van der Waals surface area (Å²) in [6.45, 7) is 5.47. The van der Waals surface area contributed by atoms with E-state index >= 15 is 0 Å². The molecule has 0 aliphatic carbocycles. The maximum absolute atomic E-state index is 11.5. The van der Waals surface area contributed by atoms with Crippen LogP contribution in [0.5, 0.6) is 0 Å². The summed E-state index contributed by atoms with van der Waals surface area (Å²) in [5.74, 6) is 0.707. The third-order valence-corrected chi connectivity index (χ3v) is 2.22.